The molecule has 1 aliphatic heterocycles. The monoisotopic (exact) mass is 296 g/mol. The van der Waals surface area contributed by atoms with Gasteiger partial charge in [-0.3, -0.25) is 0 Å². The molecule has 4 heteroatoms. The third-order valence-corrected chi connectivity index (χ3v) is 3.60. The number of phenolic OH excluding ortho intramolecular Hbond substituents is 3. The molecule has 0 saturated carbocycles. The minimum Gasteiger partial charge on any atom is -0.508 e. The average Bonchev–Trinajstić information content (AvgIpc) is 2.47. The molecule has 1 unspecified atom stereocenters. The maximum Gasteiger partial charge on any atom is 0.149 e. The topological polar surface area (TPSA) is 69.9 Å². The second-order valence-corrected chi connectivity index (χ2v) is 5.18. The molecule has 112 valence electrons. The van der Waals surface area contributed by atoms with E-state index in [0.717, 1.165) is 11.1 Å². The van der Waals surface area contributed by atoms with Gasteiger partial charge in [-0.2, -0.15) is 0 Å². The highest BCUT2D eigenvalue weighted by Gasteiger charge is 2.26. The Balaban J connectivity index is 2.08. The van der Waals surface area contributed by atoms with Crippen LogP contribution in [0.1, 0.15) is 23.7 Å². The smallest absolute Gasteiger partial charge is 0.149 e. The lowest BCUT2D eigenvalue weighted by atomic mass is 9.93. The summed E-state index contributed by atoms with van der Waals surface area (Å²) in [5, 5.41) is 29.1. The van der Waals surface area contributed by atoms with E-state index in [-0.39, 0.29) is 17.2 Å². The molecule has 0 spiro atoms. The van der Waals surface area contributed by atoms with Crippen molar-refractivity contribution in [3.05, 3.63) is 65.8 Å². The molecule has 0 saturated heterocycles. The first-order valence-corrected chi connectivity index (χ1v) is 6.91. The van der Waals surface area contributed by atoms with Crippen molar-refractivity contribution in [2.45, 2.75) is 12.5 Å². The van der Waals surface area contributed by atoms with E-state index >= 15 is 0 Å². The number of rotatable bonds is 3. The molecule has 22 heavy (non-hydrogen) atoms. The minimum atomic E-state index is -0.493. The van der Waals surface area contributed by atoms with Gasteiger partial charge in [0.25, 0.3) is 0 Å². The van der Waals surface area contributed by atoms with Crippen LogP contribution >= 0.6 is 0 Å². The largest absolute Gasteiger partial charge is 0.508 e. The molecule has 1 atom stereocenters. The van der Waals surface area contributed by atoms with Gasteiger partial charge in [-0.25, -0.2) is 0 Å². The zero-order chi connectivity index (χ0) is 15.7. The summed E-state index contributed by atoms with van der Waals surface area (Å²) in [6, 6.07) is 9.33. The van der Waals surface area contributed by atoms with Crippen molar-refractivity contribution in [2.24, 2.45) is 0 Å². The van der Waals surface area contributed by atoms with Crippen molar-refractivity contribution in [3.63, 3.8) is 0 Å². The number of benzene rings is 2. The molecular weight excluding hydrogens is 280 g/mol. The molecule has 0 amide bonds. The van der Waals surface area contributed by atoms with E-state index in [1.165, 1.54) is 12.1 Å². The Labute approximate surface area is 128 Å². The Hall–Kier alpha value is -2.88. The van der Waals surface area contributed by atoms with Crippen molar-refractivity contribution < 1.29 is 20.1 Å². The van der Waals surface area contributed by atoms with Gasteiger partial charge in [0.15, 0.2) is 0 Å². The molecular formula is C18H16O4. The minimum absolute atomic E-state index is 0.00986. The summed E-state index contributed by atoms with van der Waals surface area (Å²) in [5.74, 6) is 0.617. The van der Waals surface area contributed by atoms with Crippen LogP contribution in [0.3, 0.4) is 0 Å². The van der Waals surface area contributed by atoms with E-state index in [1.807, 2.05) is 6.08 Å². The lowest BCUT2D eigenvalue weighted by molar-refractivity contribution is 0.230. The summed E-state index contributed by atoms with van der Waals surface area (Å²) in [4.78, 5) is 0. The Morgan fingerprint density at radius 3 is 2.50 bits per heavy atom. The quantitative estimate of drug-likeness (QED) is 0.751. The molecule has 0 aromatic heterocycles. The SMILES string of the molecule is C=CCC1=Cc2ccc(O)cc2OC1c1ccc(O)cc1O. The van der Waals surface area contributed by atoms with E-state index in [4.69, 9.17) is 4.74 Å². The maximum atomic E-state index is 10.1. The zero-order valence-electron chi connectivity index (χ0n) is 11.9. The highest BCUT2D eigenvalue weighted by atomic mass is 16.5. The van der Waals surface area contributed by atoms with E-state index in [0.29, 0.717) is 17.7 Å². The van der Waals surface area contributed by atoms with Crippen LogP contribution < -0.4 is 4.74 Å². The fourth-order valence-electron chi connectivity index (χ4n) is 2.57. The van der Waals surface area contributed by atoms with Gasteiger partial charge in [0, 0.05) is 23.3 Å². The Morgan fingerprint density at radius 1 is 1.05 bits per heavy atom. The zero-order valence-corrected chi connectivity index (χ0v) is 11.9. The number of aromatic hydroxyl groups is 3. The van der Waals surface area contributed by atoms with Crippen molar-refractivity contribution >= 4 is 6.08 Å². The summed E-state index contributed by atoms with van der Waals surface area (Å²) in [7, 11) is 0. The average molecular weight is 296 g/mol. The van der Waals surface area contributed by atoms with E-state index in [2.05, 4.69) is 6.58 Å². The lowest BCUT2D eigenvalue weighted by Gasteiger charge is -2.28. The van der Waals surface area contributed by atoms with Gasteiger partial charge in [0.05, 0.1) is 0 Å². The van der Waals surface area contributed by atoms with Crippen LogP contribution in [-0.4, -0.2) is 15.3 Å². The number of phenols is 3. The number of hydrogen-bond acceptors (Lipinski definition) is 4. The van der Waals surface area contributed by atoms with Crippen LogP contribution in [0.15, 0.2) is 54.6 Å². The van der Waals surface area contributed by atoms with Crippen LogP contribution in [0.4, 0.5) is 0 Å². The first-order chi connectivity index (χ1) is 10.6. The van der Waals surface area contributed by atoms with Gasteiger partial charge in [-0.15, -0.1) is 6.58 Å². The van der Waals surface area contributed by atoms with Crippen LogP contribution in [0, 0.1) is 0 Å². The lowest BCUT2D eigenvalue weighted by Crippen LogP contribution is -2.14. The molecule has 3 N–H and O–H groups in total. The number of allylic oxidation sites excluding steroid dienone is 1. The van der Waals surface area contributed by atoms with Gasteiger partial charge in [-0.05, 0) is 42.3 Å². The predicted octanol–water partition coefficient (Wildman–Crippen LogP) is 3.90. The van der Waals surface area contributed by atoms with Crippen molar-refractivity contribution in [1.82, 2.24) is 0 Å². The molecule has 1 heterocycles. The van der Waals surface area contributed by atoms with E-state index in [1.54, 1.807) is 30.3 Å². The molecule has 0 fully saturated rings. The first-order valence-electron chi connectivity index (χ1n) is 6.91. The third kappa shape index (κ3) is 2.51. The summed E-state index contributed by atoms with van der Waals surface area (Å²) in [5.41, 5.74) is 2.36. The summed E-state index contributed by atoms with van der Waals surface area (Å²) in [6.45, 7) is 3.75. The summed E-state index contributed by atoms with van der Waals surface area (Å²) >= 11 is 0. The highest BCUT2D eigenvalue weighted by Crippen LogP contribution is 2.43. The van der Waals surface area contributed by atoms with Crippen molar-refractivity contribution in [1.29, 1.82) is 0 Å². The number of hydrogen-bond donors (Lipinski definition) is 3. The van der Waals surface area contributed by atoms with Gasteiger partial charge in [0.1, 0.15) is 29.1 Å². The normalized spacial score (nSPS) is 16.4. The number of ether oxygens (including phenoxy) is 1. The molecule has 0 aliphatic carbocycles. The molecule has 0 bridgehead atoms. The van der Waals surface area contributed by atoms with Gasteiger partial charge >= 0.3 is 0 Å². The maximum absolute atomic E-state index is 10.1. The van der Waals surface area contributed by atoms with Crippen LogP contribution in [0.25, 0.3) is 6.08 Å². The van der Waals surface area contributed by atoms with Gasteiger partial charge in [-0.1, -0.05) is 6.08 Å². The second-order valence-electron chi connectivity index (χ2n) is 5.18. The fourth-order valence-corrected chi connectivity index (χ4v) is 2.57. The Bertz CT molecular complexity index is 762. The first kappa shape index (κ1) is 14.1. The van der Waals surface area contributed by atoms with Crippen LogP contribution in [-0.2, 0) is 0 Å². The molecule has 4 nitrogen and oxygen atoms in total. The van der Waals surface area contributed by atoms with Crippen LogP contribution in [0.2, 0.25) is 0 Å². The molecule has 2 aromatic carbocycles. The Morgan fingerprint density at radius 2 is 1.77 bits per heavy atom. The molecule has 0 radical (unpaired) electrons. The molecule has 2 aromatic rings. The summed E-state index contributed by atoms with van der Waals surface area (Å²) in [6.07, 6.45) is 3.85. The third-order valence-electron chi connectivity index (χ3n) is 3.60. The Kier molecular flexibility index (Phi) is 3.51. The fraction of sp³-hybridized carbons (Fsp3) is 0.111. The van der Waals surface area contributed by atoms with Gasteiger partial charge < -0.3 is 20.1 Å². The predicted molar refractivity (Wildman–Crippen MR) is 84.0 cm³/mol. The second kappa shape index (κ2) is 5.48. The van der Waals surface area contributed by atoms with Crippen molar-refractivity contribution in [2.75, 3.05) is 0 Å². The molecule has 1 aliphatic rings. The standard InChI is InChI=1S/C18H16O4/c1-2-3-12-8-11-4-5-14(20)10-17(11)22-18(12)15-7-6-13(19)9-16(15)21/h2,4-10,18-21H,1,3H2. The van der Waals surface area contributed by atoms with Crippen molar-refractivity contribution in [3.8, 4) is 23.0 Å². The van der Waals surface area contributed by atoms with E-state index in [9.17, 15) is 15.3 Å². The molecule has 3 rings (SSSR count). The number of fused-ring (bicyclic) bond motifs is 1. The summed E-state index contributed by atoms with van der Waals surface area (Å²) < 4.78 is 5.97. The highest BCUT2D eigenvalue weighted by molar-refractivity contribution is 5.66. The van der Waals surface area contributed by atoms with Gasteiger partial charge in [0.2, 0.25) is 0 Å². The van der Waals surface area contributed by atoms with E-state index < -0.39 is 6.10 Å². The van der Waals surface area contributed by atoms with Crippen LogP contribution in [0.5, 0.6) is 23.0 Å².